The molecule has 0 saturated heterocycles. The number of para-hydroxylation sites is 1. The summed E-state index contributed by atoms with van der Waals surface area (Å²) in [6.07, 6.45) is 1.56. The van der Waals surface area contributed by atoms with Gasteiger partial charge in [-0.2, -0.15) is 5.10 Å². The Kier molecular flexibility index (Phi) is 4.78. The maximum absolute atomic E-state index is 12.9. The molecule has 0 unspecified atom stereocenters. The highest BCUT2D eigenvalue weighted by Gasteiger charge is 2.13. The molecule has 0 saturated carbocycles. The van der Waals surface area contributed by atoms with E-state index in [1.165, 1.54) is 4.68 Å². The van der Waals surface area contributed by atoms with Crippen molar-refractivity contribution in [1.82, 2.24) is 29.3 Å². The number of hydrogen-bond acceptors (Lipinski definition) is 5. The van der Waals surface area contributed by atoms with Crippen molar-refractivity contribution in [2.75, 3.05) is 6.54 Å². The topological polar surface area (TPSA) is 103 Å². The Balaban J connectivity index is 1.32. The van der Waals surface area contributed by atoms with E-state index < -0.39 is 0 Å². The largest absolute Gasteiger partial charge is 0.353 e. The van der Waals surface area contributed by atoms with Crippen molar-refractivity contribution in [3.8, 4) is 0 Å². The van der Waals surface area contributed by atoms with E-state index in [9.17, 15) is 14.4 Å². The van der Waals surface area contributed by atoms with Gasteiger partial charge in [-0.15, -0.1) is 5.10 Å². The van der Waals surface area contributed by atoms with Crippen LogP contribution in [0.5, 0.6) is 0 Å². The summed E-state index contributed by atoms with van der Waals surface area (Å²) in [5, 5.41) is 13.4. The Labute approximate surface area is 181 Å². The third kappa shape index (κ3) is 3.33. The van der Waals surface area contributed by atoms with Gasteiger partial charge in [0.25, 0.3) is 5.56 Å². The number of nitrogens with one attached hydrogen (secondary N) is 1. The van der Waals surface area contributed by atoms with Gasteiger partial charge in [-0.3, -0.25) is 9.59 Å². The van der Waals surface area contributed by atoms with Gasteiger partial charge in [0.2, 0.25) is 5.91 Å². The van der Waals surface area contributed by atoms with Crippen LogP contribution in [0.1, 0.15) is 5.56 Å². The minimum absolute atomic E-state index is 0.196. The molecule has 5 aromatic rings. The van der Waals surface area contributed by atoms with E-state index in [2.05, 4.69) is 15.5 Å². The molecule has 1 N–H and O–H groups in total. The predicted molar refractivity (Wildman–Crippen MR) is 121 cm³/mol. The average Bonchev–Trinajstić information content (AvgIpc) is 3.13. The molecule has 0 atom stereocenters. The number of pyridine rings is 1. The average molecular weight is 428 g/mol. The minimum Gasteiger partial charge on any atom is -0.353 e. The Morgan fingerprint density at radius 3 is 2.59 bits per heavy atom. The zero-order valence-electron chi connectivity index (χ0n) is 17.4. The molecule has 1 amide bonds. The maximum atomic E-state index is 12.9. The minimum atomic E-state index is -0.367. The summed E-state index contributed by atoms with van der Waals surface area (Å²) in [4.78, 5) is 37.8. The molecule has 3 aromatic heterocycles. The molecule has 32 heavy (non-hydrogen) atoms. The summed E-state index contributed by atoms with van der Waals surface area (Å²) in [5.41, 5.74) is 1.69. The van der Waals surface area contributed by atoms with Gasteiger partial charge in [-0.05, 0) is 36.1 Å². The number of amides is 1. The van der Waals surface area contributed by atoms with Crippen LogP contribution in [0.2, 0.25) is 0 Å². The monoisotopic (exact) mass is 428 g/mol. The van der Waals surface area contributed by atoms with E-state index in [1.807, 2.05) is 43.3 Å². The lowest BCUT2D eigenvalue weighted by atomic mass is 10.1. The number of carbonyl (C=O) groups excluding carboxylic acids is 1. The zero-order chi connectivity index (χ0) is 22.2. The Hall–Kier alpha value is -4.27. The second-order valence-electron chi connectivity index (χ2n) is 7.60. The maximum Gasteiger partial charge on any atom is 0.350 e. The van der Waals surface area contributed by atoms with Crippen LogP contribution in [0.25, 0.3) is 27.3 Å². The molecule has 5 rings (SSSR count). The molecule has 0 bridgehead atoms. The van der Waals surface area contributed by atoms with E-state index in [1.54, 1.807) is 28.8 Å². The van der Waals surface area contributed by atoms with Crippen LogP contribution in [0, 0.1) is 6.92 Å². The van der Waals surface area contributed by atoms with Gasteiger partial charge in [-0.25, -0.2) is 18.6 Å². The number of rotatable bonds is 5. The summed E-state index contributed by atoms with van der Waals surface area (Å²) in [6, 6.07) is 16.7. The summed E-state index contributed by atoms with van der Waals surface area (Å²) in [5.74, 6) is -0.367. The summed E-state index contributed by atoms with van der Waals surface area (Å²) >= 11 is 0. The lowest BCUT2D eigenvalue weighted by molar-refractivity contribution is -0.121. The third-order valence-corrected chi connectivity index (χ3v) is 5.44. The first-order chi connectivity index (χ1) is 15.5. The lowest BCUT2D eigenvalue weighted by Gasteiger charge is -2.07. The SMILES string of the molecule is Cc1cc2ccccc2n2c(=O)n(CCNC(=O)Cn3ncc4ccccc4c3=O)nc12. The summed E-state index contributed by atoms with van der Waals surface area (Å²) in [7, 11) is 0. The first-order valence-electron chi connectivity index (χ1n) is 10.2. The van der Waals surface area contributed by atoms with Crippen molar-refractivity contribution in [2.45, 2.75) is 20.0 Å². The van der Waals surface area contributed by atoms with Crippen LogP contribution in [0.3, 0.4) is 0 Å². The first kappa shape index (κ1) is 19.7. The van der Waals surface area contributed by atoms with Gasteiger partial charge in [0.1, 0.15) is 6.54 Å². The number of carbonyl (C=O) groups is 1. The lowest BCUT2D eigenvalue weighted by Crippen LogP contribution is -2.36. The highest BCUT2D eigenvalue weighted by atomic mass is 16.2. The van der Waals surface area contributed by atoms with E-state index in [4.69, 9.17) is 0 Å². The fraction of sp³-hybridized carbons (Fsp3) is 0.174. The van der Waals surface area contributed by atoms with Crippen molar-refractivity contribution in [3.63, 3.8) is 0 Å². The molecular weight excluding hydrogens is 408 g/mol. The quantitative estimate of drug-likeness (QED) is 0.457. The molecule has 0 radical (unpaired) electrons. The molecule has 9 nitrogen and oxygen atoms in total. The zero-order valence-corrected chi connectivity index (χ0v) is 17.4. The van der Waals surface area contributed by atoms with Crippen LogP contribution in [0.15, 0.2) is 70.4 Å². The Morgan fingerprint density at radius 1 is 1.00 bits per heavy atom. The van der Waals surface area contributed by atoms with Crippen LogP contribution in [-0.2, 0) is 17.9 Å². The van der Waals surface area contributed by atoms with Crippen LogP contribution in [-0.4, -0.2) is 36.4 Å². The molecule has 9 heteroatoms. The number of aryl methyl sites for hydroxylation is 1. The van der Waals surface area contributed by atoms with Gasteiger partial charge in [0.05, 0.1) is 23.6 Å². The summed E-state index contributed by atoms with van der Waals surface area (Å²) < 4.78 is 4.06. The number of hydrogen-bond donors (Lipinski definition) is 1. The highest BCUT2D eigenvalue weighted by Crippen LogP contribution is 2.17. The van der Waals surface area contributed by atoms with Gasteiger partial charge in [0.15, 0.2) is 5.65 Å². The Morgan fingerprint density at radius 2 is 1.75 bits per heavy atom. The van der Waals surface area contributed by atoms with E-state index in [0.717, 1.165) is 26.5 Å². The molecule has 0 aliphatic rings. The normalized spacial score (nSPS) is 11.4. The fourth-order valence-electron chi connectivity index (χ4n) is 3.87. The standard InChI is InChI=1S/C23H20N6O3/c1-15-12-16-6-3-5-9-19(16)29-21(15)26-27(23(29)32)11-10-24-20(30)14-28-22(31)18-8-4-2-7-17(18)13-25-28/h2-9,12-13H,10-11,14H2,1H3,(H,24,30). The van der Waals surface area contributed by atoms with Crippen LogP contribution in [0.4, 0.5) is 0 Å². The Bertz CT molecular complexity index is 1610. The van der Waals surface area contributed by atoms with Crippen molar-refractivity contribution < 1.29 is 4.79 Å². The molecule has 0 aliphatic heterocycles. The number of nitrogens with zero attached hydrogens (tertiary/aromatic N) is 5. The smallest absolute Gasteiger partial charge is 0.350 e. The van der Waals surface area contributed by atoms with Gasteiger partial charge in [0, 0.05) is 11.9 Å². The molecule has 0 spiro atoms. The fourth-order valence-corrected chi connectivity index (χ4v) is 3.87. The van der Waals surface area contributed by atoms with Crippen molar-refractivity contribution in [2.24, 2.45) is 0 Å². The van der Waals surface area contributed by atoms with Crippen LogP contribution >= 0.6 is 0 Å². The second kappa shape index (κ2) is 7.77. The number of benzene rings is 2. The summed E-state index contributed by atoms with van der Waals surface area (Å²) in [6.45, 7) is 2.12. The highest BCUT2D eigenvalue weighted by molar-refractivity contribution is 5.83. The second-order valence-corrected chi connectivity index (χ2v) is 7.60. The van der Waals surface area contributed by atoms with Crippen molar-refractivity contribution in [1.29, 1.82) is 0 Å². The van der Waals surface area contributed by atoms with Gasteiger partial charge < -0.3 is 5.32 Å². The third-order valence-electron chi connectivity index (χ3n) is 5.44. The molecular formula is C23H20N6O3. The number of fused-ring (bicyclic) bond motifs is 4. The number of aromatic nitrogens is 5. The van der Waals surface area contributed by atoms with Crippen molar-refractivity contribution in [3.05, 3.63) is 87.2 Å². The van der Waals surface area contributed by atoms with Crippen molar-refractivity contribution >= 4 is 33.2 Å². The molecule has 160 valence electrons. The molecule has 0 aliphatic carbocycles. The predicted octanol–water partition coefficient (Wildman–Crippen LogP) is 1.48. The first-order valence-corrected chi connectivity index (χ1v) is 10.2. The van der Waals surface area contributed by atoms with E-state index in [-0.39, 0.29) is 36.8 Å². The van der Waals surface area contributed by atoms with Gasteiger partial charge in [-0.1, -0.05) is 36.4 Å². The molecule has 2 aromatic carbocycles. The molecule has 0 fully saturated rings. The van der Waals surface area contributed by atoms with E-state index in [0.29, 0.717) is 11.0 Å². The van der Waals surface area contributed by atoms with Crippen LogP contribution < -0.4 is 16.6 Å². The molecule has 3 heterocycles. The van der Waals surface area contributed by atoms with E-state index >= 15 is 0 Å². The van der Waals surface area contributed by atoms with Gasteiger partial charge >= 0.3 is 5.69 Å².